The summed E-state index contributed by atoms with van der Waals surface area (Å²) < 4.78 is 16.0. The van der Waals surface area contributed by atoms with Crippen LogP contribution in [0.15, 0.2) is 45.8 Å². The summed E-state index contributed by atoms with van der Waals surface area (Å²) >= 11 is 9.91. The molecule has 2 amide bonds. The van der Waals surface area contributed by atoms with Crippen molar-refractivity contribution in [1.29, 1.82) is 0 Å². The first-order valence-corrected chi connectivity index (χ1v) is 11.5. The fourth-order valence-corrected chi connectivity index (χ4v) is 4.29. The van der Waals surface area contributed by atoms with Gasteiger partial charge in [-0.15, -0.1) is 0 Å². The van der Waals surface area contributed by atoms with E-state index in [1.807, 2.05) is 0 Å². The number of thioether (sulfide) groups is 1. The van der Waals surface area contributed by atoms with Crippen LogP contribution in [0.5, 0.6) is 11.5 Å². The molecule has 1 fully saturated rings. The first-order valence-electron chi connectivity index (χ1n) is 9.49. The Balaban J connectivity index is 1.83. The summed E-state index contributed by atoms with van der Waals surface area (Å²) in [5, 5.41) is -0.0832. The fourth-order valence-electron chi connectivity index (χ4n) is 2.78. The van der Waals surface area contributed by atoms with Crippen LogP contribution in [-0.4, -0.2) is 48.2 Å². The van der Waals surface area contributed by atoms with E-state index < -0.39 is 29.6 Å². The highest BCUT2D eigenvalue weighted by molar-refractivity contribution is 9.10. The first kappa shape index (κ1) is 24.8. The lowest BCUT2D eigenvalue weighted by Gasteiger charge is -2.13. The average molecular weight is 555 g/mol. The number of amides is 2. The Kier molecular flexibility index (Phi) is 8.17. The normalized spacial score (nSPS) is 14.5. The van der Waals surface area contributed by atoms with Crippen LogP contribution in [0.3, 0.4) is 0 Å². The van der Waals surface area contributed by atoms with Crippen LogP contribution in [0.1, 0.15) is 22.8 Å². The highest BCUT2D eigenvalue weighted by Gasteiger charge is 2.36. The Labute approximate surface area is 206 Å². The fraction of sp³-hybridized carbons (Fsp3) is 0.182. The van der Waals surface area contributed by atoms with Crippen molar-refractivity contribution >= 4 is 68.5 Å². The first-order chi connectivity index (χ1) is 15.7. The second-order valence-corrected chi connectivity index (χ2v) is 8.79. The summed E-state index contributed by atoms with van der Waals surface area (Å²) in [5.74, 6) is -1.52. The van der Waals surface area contributed by atoms with Gasteiger partial charge in [0.1, 0.15) is 6.54 Å². The van der Waals surface area contributed by atoms with Crippen molar-refractivity contribution in [3.8, 4) is 11.5 Å². The summed E-state index contributed by atoms with van der Waals surface area (Å²) in [7, 11) is 1.40. The molecule has 0 aromatic heterocycles. The third-order valence-corrected chi connectivity index (χ3v) is 6.04. The molecule has 0 radical (unpaired) electrons. The van der Waals surface area contributed by atoms with E-state index >= 15 is 0 Å². The van der Waals surface area contributed by atoms with E-state index in [9.17, 15) is 19.2 Å². The minimum atomic E-state index is -0.669. The summed E-state index contributed by atoms with van der Waals surface area (Å²) in [6.07, 6.45) is 1.48. The molecule has 33 heavy (non-hydrogen) atoms. The number of rotatable bonds is 7. The van der Waals surface area contributed by atoms with Crippen molar-refractivity contribution in [2.24, 2.45) is 0 Å². The number of hydrogen-bond donors (Lipinski definition) is 0. The molecule has 0 aliphatic carbocycles. The van der Waals surface area contributed by atoms with Crippen molar-refractivity contribution in [1.82, 2.24) is 4.90 Å². The molecule has 172 valence electrons. The van der Waals surface area contributed by atoms with Crippen LogP contribution in [0.25, 0.3) is 6.08 Å². The minimum absolute atomic E-state index is 0.129. The molecule has 1 aliphatic rings. The van der Waals surface area contributed by atoms with E-state index in [0.717, 1.165) is 4.90 Å². The maximum Gasteiger partial charge on any atom is 0.343 e. The maximum atomic E-state index is 12.6. The van der Waals surface area contributed by atoms with Crippen LogP contribution in [0, 0.1) is 0 Å². The quantitative estimate of drug-likeness (QED) is 0.270. The van der Waals surface area contributed by atoms with E-state index in [-0.39, 0.29) is 23.0 Å². The highest BCUT2D eigenvalue weighted by atomic mass is 79.9. The molecule has 2 aromatic rings. The molecule has 1 saturated heterocycles. The lowest BCUT2D eigenvalue weighted by Crippen LogP contribution is -2.34. The Morgan fingerprint density at radius 3 is 2.52 bits per heavy atom. The lowest BCUT2D eigenvalue weighted by atomic mass is 10.1. The zero-order valence-electron chi connectivity index (χ0n) is 17.4. The lowest BCUT2D eigenvalue weighted by molar-refractivity contribution is -0.145. The molecule has 0 saturated carbocycles. The van der Waals surface area contributed by atoms with Crippen molar-refractivity contribution < 1.29 is 33.4 Å². The summed E-state index contributed by atoms with van der Waals surface area (Å²) in [6.45, 7) is 1.32. The summed E-state index contributed by atoms with van der Waals surface area (Å²) in [6, 6.07) is 9.36. The number of carbonyl (C=O) groups is 4. The van der Waals surface area contributed by atoms with Gasteiger partial charge >= 0.3 is 11.9 Å². The number of imide groups is 1. The van der Waals surface area contributed by atoms with Gasteiger partial charge in [-0.05, 0) is 82.7 Å². The van der Waals surface area contributed by atoms with Gasteiger partial charge in [0.05, 0.1) is 28.7 Å². The molecule has 0 atom stereocenters. The van der Waals surface area contributed by atoms with Crippen LogP contribution in [0.2, 0.25) is 5.02 Å². The predicted octanol–water partition coefficient (Wildman–Crippen LogP) is 4.93. The number of esters is 2. The number of nitrogens with zero attached hydrogens (tertiary/aromatic N) is 1. The molecule has 0 spiro atoms. The number of benzene rings is 2. The molecular formula is C22H17BrClNO7S. The van der Waals surface area contributed by atoms with Gasteiger partial charge in [-0.1, -0.05) is 11.6 Å². The van der Waals surface area contributed by atoms with Crippen LogP contribution >= 0.6 is 39.3 Å². The van der Waals surface area contributed by atoms with E-state index in [4.69, 9.17) is 25.8 Å². The zero-order chi connectivity index (χ0) is 24.1. The van der Waals surface area contributed by atoms with Crippen molar-refractivity contribution in [2.45, 2.75) is 6.92 Å². The number of methoxy groups -OCH3 is 1. The number of ether oxygens (including phenoxy) is 3. The van der Waals surface area contributed by atoms with E-state index in [1.165, 1.54) is 25.3 Å². The van der Waals surface area contributed by atoms with Gasteiger partial charge < -0.3 is 14.2 Å². The smallest absolute Gasteiger partial charge is 0.343 e. The van der Waals surface area contributed by atoms with Gasteiger partial charge in [0.15, 0.2) is 11.5 Å². The van der Waals surface area contributed by atoms with E-state index in [0.29, 0.717) is 32.4 Å². The standard InChI is InChI=1S/C22H17BrClNO7S/c1-3-31-18(26)11-25-20(27)17(33-22(25)29)10-12-8-15(23)19(16(9-12)30-2)32-21(28)13-4-6-14(24)7-5-13/h4-10H,3,11H2,1-2H3/b17-10-. The number of halogens is 2. The van der Waals surface area contributed by atoms with E-state index in [2.05, 4.69) is 15.9 Å². The topological polar surface area (TPSA) is 99.2 Å². The largest absolute Gasteiger partial charge is 0.493 e. The molecule has 2 aromatic carbocycles. The monoisotopic (exact) mass is 553 g/mol. The van der Waals surface area contributed by atoms with Crippen LogP contribution < -0.4 is 9.47 Å². The maximum absolute atomic E-state index is 12.6. The van der Waals surface area contributed by atoms with Crippen molar-refractivity contribution in [3.63, 3.8) is 0 Å². The molecule has 1 aliphatic heterocycles. The summed E-state index contributed by atoms with van der Waals surface area (Å²) in [5.41, 5.74) is 0.805. The molecule has 11 heteroatoms. The van der Waals surface area contributed by atoms with Gasteiger partial charge in [-0.25, -0.2) is 4.79 Å². The van der Waals surface area contributed by atoms with Gasteiger partial charge in [-0.2, -0.15) is 0 Å². The Morgan fingerprint density at radius 2 is 1.88 bits per heavy atom. The minimum Gasteiger partial charge on any atom is -0.493 e. The summed E-state index contributed by atoms with van der Waals surface area (Å²) in [4.78, 5) is 49.8. The highest BCUT2D eigenvalue weighted by Crippen LogP contribution is 2.39. The Bertz CT molecular complexity index is 1150. The van der Waals surface area contributed by atoms with E-state index in [1.54, 1.807) is 31.2 Å². The third-order valence-electron chi connectivity index (χ3n) is 4.29. The SMILES string of the molecule is CCOC(=O)CN1C(=O)S/C(=C\c2cc(Br)c(OC(=O)c3ccc(Cl)cc3)c(OC)c2)C1=O. The zero-order valence-corrected chi connectivity index (χ0v) is 20.6. The molecule has 0 unspecified atom stereocenters. The average Bonchev–Trinajstić information content (AvgIpc) is 3.03. The second kappa shape index (κ2) is 10.9. The number of carbonyl (C=O) groups excluding carboxylic acids is 4. The Hall–Kier alpha value is -2.82. The van der Waals surface area contributed by atoms with Gasteiger partial charge in [0, 0.05) is 5.02 Å². The van der Waals surface area contributed by atoms with Gasteiger partial charge in [-0.3, -0.25) is 19.3 Å². The molecule has 0 N–H and O–H groups in total. The van der Waals surface area contributed by atoms with Crippen LogP contribution in [0.4, 0.5) is 4.79 Å². The van der Waals surface area contributed by atoms with Crippen LogP contribution in [-0.2, 0) is 14.3 Å². The molecular weight excluding hydrogens is 538 g/mol. The molecule has 1 heterocycles. The van der Waals surface area contributed by atoms with Gasteiger partial charge in [0.25, 0.3) is 11.1 Å². The van der Waals surface area contributed by atoms with Crippen molar-refractivity contribution in [3.05, 3.63) is 61.9 Å². The molecule has 8 nitrogen and oxygen atoms in total. The molecule has 0 bridgehead atoms. The number of hydrogen-bond acceptors (Lipinski definition) is 8. The Morgan fingerprint density at radius 1 is 1.18 bits per heavy atom. The second-order valence-electron chi connectivity index (χ2n) is 6.50. The third kappa shape index (κ3) is 5.95. The van der Waals surface area contributed by atoms with Gasteiger partial charge in [0.2, 0.25) is 0 Å². The van der Waals surface area contributed by atoms with Crippen molar-refractivity contribution in [2.75, 3.05) is 20.3 Å². The molecule has 3 rings (SSSR count). The predicted molar refractivity (Wildman–Crippen MR) is 126 cm³/mol.